The minimum Gasteiger partial charge on any atom is -0.408 e. The largest absolute Gasteiger partial charge is 0.419 e. The van der Waals surface area contributed by atoms with Crippen molar-refractivity contribution in [2.45, 2.75) is 13.0 Å². The van der Waals surface area contributed by atoms with Crippen LogP contribution in [-0.4, -0.2) is 15.3 Å². The smallest absolute Gasteiger partial charge is 0.408 e. The second kappa shape index (κ2) is 7.19. The monoisotopic (exact) mass is 380 g/mol. The number of rotatable bonds is 5. The molecule has 28 heavy (non-hydrogen) atoms. The maximum Gasteiger partial charge on any atom is 0.419 e. The maximum atomic E-state index is 13.9. The van der Waals surface area contributed by atoms with Crippen molar-refractivity contribution >= 4 is 16.9 Å². The summed E-state index contributed by atoms with van der Waals surface area (Å²) in [4.78, 5) is 28.7. The molecule has 0 spiro atoms. The van der Waals surface area contributed by atoms with Gasteiger partial charge in [-0.15, -0.1) is 0 Å². The summed E-state index contributed by atoms with van der Waals surface area (Å²) in [7, 11) is 0. The fourth-order valence-electron chi connectivity index (χ4n) is 3.04. The van der Waals surface area contributed by atoms with Gasteiger partial charge in [0.2, 0.25) is 0 Å². The molecule has 0 radical (unpaired) electrons. The number of oxazole rings is 1. The molecule has 5 nitrogen and oxygen atoms in total. The van der Waals surface area contributed by atoms with Gasteiger partial charge in [-0.05, 0) is 60.5 Å². The summed E-state index contributed by atoms with van der Waals surface area (Å²) in [5, 5.41) is 0. The molecule has 0 amide bonds. The molecular weight excluding hydrogens is 366 g/mol. The molecular formula is C21H14F2N2O3. The van der Waals surface area contributed by atoms with Crippen LogP contribution >= 0.6 is 0 Å². The van der Waals surface area contributed by atoms with Crippen LogP contribution in [0.5, 0.6) is 0 Å². The van der Waals surface area contributed by atoms with Gasteiger partial charge in [-0.3, -0.25) is 14.3 Å². The highest BCUT2D eigenvalue weighted by Gasteiger charge is 2.17. The molecule has 0 aliphatic carbocycles. The van der Waals surface area contributed by atoms with Crippen molar-refractivity contribution in [2.24, 2.45) is 0 Å². The highest BCUT2D eigenvalue weighted by atomic mass is 19.1. The molecule has 0 fully saturated rings. The first kappa shape index (κ1) is 17.8. The zero-order valence-electron chi connectivity index (χ0n) is 14.6. The SMILES string of the molecule is O=C(c1ccc2c(c1)oc(=O)n2CCc1ccncc1)c1cc(F)ccc1F. The molecule has 2 heterocycles. The molecule has 0 saturated carbocycles. The van der Waals surface area contributed by atoms with Gasteiger partial charge in [0.05, 0.1) is 11.1 Å². The Hall–Kier alpha value is -3.61. The zero-order chi connectivity index (χ0) is 19.7. The third kappa shape index (κ3) is 3.34. The van der Waals surface area contributed by atoms with Crippen molar-refractivity contribution < 1.29 is 18.0 Å². The first-order chi connectivity index (χ1) is 13.5. The Morgan fingerprint density at radius 3 is 2.61 bits per heavy atom. The predicted octanol–water partition coefficient (Wildman–Crippen LogP) is 3.74. The van der Waals surface area contributed by atoms with E-state index < -0.39 is 23.2 Å². The van der Waals surface area contributed by atoms with E-state index in [2.05, 4.69) is 4.98 Å². The number of fused-ring (bicyclic) bond motifs is 1. The van der Waals surface area contributed by atoms with E-state index in [-0.39, 0.29) is 16.7 Å². The number of carbonyl (C=O) groups is 1. The zero-order valence-corrected chi connectivity index (χ0v) is 14.6. The minimum absolute atomic E-state index is 0.104. The lowest BCUT2D eigenvalue weighted by atomic mass is 10.0. The van der Waals surface area contributed by atoms with Crippen molar-refractivity contribution in [3.05, 3.63) is 99.8 Å². The second-order valence-corrected chi connectivity index (χ2v) is 6.26. The molecule has 140 valence electrons. The third-order valence-corrected chi connectivity index (χ3v) is 4.48. The van der Waals surface area contributed by atoms with Crippen molar-refractivity contribution in [3.63, 3.8) is 0 Å². The molecule has 0 N–H and O–H groups in total. The number of hydrogen-bond acceptors (Lipinski definition) is 4. The summed E-state index contributed by atoms with van der Waals surface area (Å²) >= 11 is 0. The van der Waals surface area contributed by atoms with Gasteiger partial charge in [0.15, 0.2) is 11.4 Å². The number of nitrogens with zero attached hydrogens (tertiary/aromatic N) is 2. The van der Waals surface area contributed by atoms with E-state index in [4.69, 9.17) is 4.42 Å². The molecule has 0 aliphatic rings. The number of benzene rings is 2. The van der Waals surface area contributed by atoms with Crippen LogP contribution in [0.4, 0.5) is 8.78 Å². The number of aromatic nitrogens is 2. The topological polar surface area (TPSA) is 65.1 Å². The molecule has 4 rings (SSSR count). The molecule has 4 aromatic rings. The van der Waals surface area contributed by atoms with Crippen LogP contribution in [0.1, 0.15) is 21.5 Å². The predicted molar refractivity (Wildman–Crippen MR) is 98.2 cm³/mol. The quantitative estimate of drug-likeness (QED) is 0.495. The average molecular weight is 380 g/mol. The van der Waals surface area contributed by atoms with Gasteiger partial charge in [-0.1, -0.05) is 0 Å². The maximum absolute atomic E-state index is 13.9. The summed E-state index contributed by atoms with van der Waals surface area (Å²) < 4.78 is 34.0. The molecule has 0 saturated heterocycles. The highest BCUT2D eigenvalue weighted by molar-refractivity contribution is 6.10. The van der Waals surface area contributed by atoms with Crippen molar-refractivity contribution in [1.29, 1.82) is 0 Å². The summed E-state index contributed by atoms with van der Waals surface area (Å²) in [5.41, 5.74) is 1.48. The first-order valence-corrected chi connectivity index (χ1v) is 8.55. The number of aryl methyl sites for hydroxylation is 2. The van der Waals surface area contributed by atoms with Gasteiger partial charge in [-0.2, -0.15) is 0 Å². The minimum atomic E-state index is -0.817. The Bertz CT molecular complexity index is 1230. The van der Waals surface area contributed by atoms with E-state index in [1.165, 1.54) is 16.7 Å². The number of carbonyl (C=O) groups excluding carboxylic acids is 1. The Balaban J connectivity index is 1.66. The standard InChI is InChI=1S/C21H14F2N2O3/c22-15-2-3-17(23)16(12-15)20(26)14-1-4-18-19(11-14)28-21(27)25(18)10-7-13-5-8-24-9-6-13/h1-6,8-9,11-12H,7,10H2. The van der Waals surface area contributed by atoms with E-state index in [0.717, 1.165) is 23.8 Å². The average Bonchev–Trinajstić information content (AvgIpc) is 3.02. The number of hydrogen-bond donors (Lipinski definition) is 0. The normalized spacial score (nSPS) is 11.1. The molecule has 2 aromatic carbocycles. The molecule has 0 bridgehead atoms. The Labute approximate surface area is 157 Å². The van der Waals surface area contributed by atoms with Crippen LogP contribution in [0, 0.1) is 11.6 Å². The Morgan fingerprint density at radius 2 is 1.82 bits per heavy atom. The fraction of sp³-hybridized carbons (Fsp3) is 0.0952. The molecule has 0 atom stereocenters. The Morgan fingerprint density at radius 1 is 1.04 bits per heavy atom. The highest BCUT2D eigenvalue weighted by Crippen LogP contribution is 2.20. The lowest BCUT2D eigenvalue weighted by molar-refractivity contribution is 0.103. The van der Waals surface area contributed by atoms with E-state index in [1.54, 1.807) is 18.5 Å². The van der Waals surface area contributed by atoms with Crippen LogP contribution in [0.2, 0.25) is 0 Å². The van der Waals surface area contributed by atoms with Gasteiger partial charge < -0.3 is 4.42 Å². The summed E-state index contributed by atoms with van der Waals surface area (Å²) in [6, 6.07) is 10.8. The Kier molecular flexibility index (Phi) is 4.57. The van der Waals surface area contributed by atoms with Gasteiger partial charge in [-0.25, -0.2) is 13.6 Å². The number of ketones is 1. The molecule has 2 aromatic heterocycles. The first-order valence-electron chi connectivity index (χ1n) is 8.55. The third-order valence-electron chi connectivity index (χ3n) is 4.48. The van der Waals surface area contributed by atoms with Gasteiger partial charge in [0.25, 0.3) is 0 Å². The van der Waals surface area contributed by atoms with Crippen LogP contribution in [-0.2, 0) is 13.0 Å². The number of pyridine rings is 1. The van der Waals surface area contributed by atoms with Crippen LogP contribution < -0.4 is 5.76 Å². The van der Waals surface area contributed by atoms with Crippen LogP contribution in [0.15, 0.2) is 70.1 Å². The van der Waals surface area contributed by atoms with Crippen LogP contribution in [0.3, 0.4) is 0 Å². The fourth-order valence-corrected chi connectivity index (χ4v) is 3.04. The molecule has 0 aliphatic heterocycles. The van der Waals surface area contributed by atoms with Crippen molar-refractivity contribution in [3.8, 4) is 0 Å². The van der Waals surface area contributed by atoms with E-state index >= 15 is 0 Å². The summed E-state index contributed by atoms with van der Waals surface area (Å²) in [6.07, 6.45) is 3.95. The molecule has 0 unspecified atom stereocenters. The number of halogens is 2. The van der Waals surface area contributed by atoms with Crippen molar-refractivity contribution in [1.82, 2.24) is 9.55 Å². The summed E-state index contributed by atoms with van der Waals surface area (Å²) in [6.45, 7) is 0.391. The summed E-state index contributed by atoms with van der Waals surface area (Å²) in [5.74, 6) is -2.76. The van der Waals surface area contributed by atoms with Gasteiger partial charge >= 0.3 is 5.76 Å². The lowest BCUT2D eigenvalue weighted by Crippen LogP contribution is -2.15. The van der Waals surface area contributed by atoms with Gasteiger partial charge in [0, 0.05) is 24.5 Å². The van der Waals surface area contributed by atoms with Crippen molar-refractivity contribution in [2.75, 3.05) is 0 Å². The van der Waals surface area contributed by atoms with Crippen LogP contribution in [0.25, 0.3) is 11.1 Å². The van der Waals surface area contributed by atoms with E-state index in [1.807, 2.05) is 12.1 Å². The van der Waals surface area contributed by atoms with E-state index in [0.29, 0.717) is 18.5 Å². The van der Waals surface area contributed by atoms with E-state index in [9.17, 15) is 18.4 Å². The lowest BCUT2D eigenvalue weighted by Gasteiger charge is -2.05. The van der Waals surface area contributed by atoms with Gasteiger partial charge in [0.1, 0.15) is 11.6 Å². The second-order valence-electron chi connectivity index (χ2n) is 6.26. The molecule has 7 heteroatoms.